The predicted octanol–water partition coefficient (Wildman–Crippen LogP) is 2.13. The SMILES string of the molecule is CNS(=O)CCCCCCCCCCNC(C)=O. The molecule has 0 rings (SSSR count). The molecule has 0 spiro atoms. The molecule has 0 heterocycles. The second-order valence-electron chi connectivity index (χ2n) is 4.57. The molecule has 5 heteroatoms. The molecule has 0 aliphatic rings. The van der Waals surface area contributed by atoms with E-state index in [1.165, 1.54) is 38.5 Å². The standard InChI is InChI=1S/C13H28N2O2S/c1-13(16)15-11-9-7-5-3-4-6-8-10-12-18(17)14-2/h14H,3-12H2,1-2H3,(H,15,16). The number of amides is 1. The lowest BCUT2D eigenvalue weighted by molar-refractivity contribution is -0.118. The van der Waals surface area contributed by atoms with Gasteiger partial charge in [-0.2, -0.15) is 0 Å². The van der Waals surface area contributed by atoms with E-state index in [0.717, 1.165) is 25.1 Å². The zero-order chi connectivity index (χ0) is 13.6. The van der Waals surface area contributed by atoms with Crippen LogP contribution in [0.2, 0.25) is 0 Å². The van der Waals surface area contributed by atoms with Crippen LogP contribution in [-0.4, -0.2) is 29.5 Å². The Morgan fingerprint density at radius 1 is 0.944 bits per heavy atom. The lowest BCUT2D eigenvalue weighted by atomic mass is 10.1. The Hall–Kier alpha value is -0.420. The largest absolute Gasteiger partial charge is 0.356 e. The Morgan fingerprint density at radius 2 is 1.44 bits per heavy atom. The van der Waals surface area contributed by atoms with Gasteiger partial charge in [-0.05, 0) is 19.9 Å². The maximum Gasteiger partial charge on any atom is 0.216 e. The molecule has 1 atom stereocenters. The van der Waals surface area contributed by atoms with E-state index < -0.39 is 11.0 Å². The number of nitrogens with one attached hydrogen (secondary N) is 2. The summed E-state index contributed by atoms with van der Waals surface area (Å²) in [7, 11) is 0.905. The van der Waals surface area contributed by atoms with Crippen molar-refractivity contribution in [3.8, 4) is 0 Å². The average molecular weight is 276 g/mol. The monoisotopic (exact) mass is 276 g/mol. The minimum Gasteiger partial charge on any atom is -0.356 e. The normalized spacial score (nSPS) is 12.3. The lowest BCUT2D eigenvalue weighted by Crippen LogP contribution is -2.20. The van der Waals surface area contributed by atoms with Crippen molar-refractivity contribution in [2.45, 2.75) is 58.3 Å². The van der Waals surface area contributed by atoms with E-state index >= 15 is 0 Å². The third kappa shape index (κ3) is 13.6. The van der Waals surface area contributed by atoms with Crippen LogP contribution in [0.15, 0.2) is 0 Å². The molecule has 1 unspecified atom stereocenters. The fourth-order valence-electron chi connectivity index (χ4n) is 1.79. The van der Waals surface area contributed by atoms with Crippen LogP contribution in [0, 0.1) is 0 Å². The molecule has 0 aliphatic heterocycles. The van der Waals surface area contributed by atoms with Crippen LogP contribution in [0.1, 0.15) is 58.3 Å². The molecule has 0 aromatic carbocycles. The second kappa shape index (κ2) is 13.0. The van der Waals surface area contributed by atoms with Crippen LogP contribution in [0.3, 0.4) is 0 Å². The summed E-state index contributed by atoms with van der Waals surface area (Å²) in [6, 6.07) is 0. The molecule has 0 bridgehead atoms. The minimum absolute atomic E-state index is 0.0638. The van der Waals surface area contributed by atoms with Crippen molar-refractivity contribution >= 4 is 16.9 Å². The van der Waals surface area contributed by atoms with Crippen LogP contribution < -0.4 is 10.0 Å². The highest BCUT2D eigenvalue weighted by Gasteiger charge is 1.96. The molecule has 0 fully saturated rings. The fourth-order valence-corrected chi connectivity index (χ4v) is 2.46. The third-order valence-corrected chi connectivity index (χ3v) is 3.97. The van der Waals surface area contributed by atoms with E-state index in [1.807, 2.05) is 0 Å². The highest BCUT2D eigenvalue weighted by atomic mass is 32.2. The number of carbonyl (C=O) groups is 1. The molecule has 1 amide bonds. The first-order valence-corrected chi connectivity index (χ1v) is 8.29. The highest BCUT2D eigenvalue weighted by Crippen LogP contribution is 2.08. The van der Waals surface area contributed by atoms with Gasteiger partial charge in [0.2, 0.25) is 5.91 Å². The quantitative estimate of drug-likeness (QED) is 0.536. The summed E-state index contributed by atoms with van der Waals surface area (Å²) >= 11 is 0. The predicted molar refractivity (Wildman–Crippen MR) is 77.7 cm³/mol. The minimum atomic E-state index is -0.828. The van der Waals surface area contributed by atoms with Crippen molar-refractivity contribution in [1.29, 1.82) is 0 Å². The summed E-state index contributed by atoms with van der Waals surface area (Å²) in [6.45, 7) is 2.37. The number of rotatable bonds is 12. The molecule has 0 aromatic heterocycles. The van der Waals surface area contributed by atoms with E-state index in [0.29, 0.717) is 0 Å². The Labute approximate surface area is 114 Å². The maximum atomic E-state index is 11.1. The van der Waals surface area contributed by atoms with Crippen LogP contribution in [-0.2, 0) is 15.8 Å². The Bertz CT molecular complexity index is 235. The zero-order valence-corrected chi connectivity index (χ0v) is 12.6. The van der Waals surface area contributed by atoms with Gasteiger partial charge in [0.1, 0.15) is 0 Å². The van der Waals surface area contributed by atoms with Gasteiger partial charge in [0, 0.05) is 19.2 Å². The van der Waals surface area contributed by atoms with Gasteiger partial charge in [-0.25, -0.2) is 8.93 Å². The number of carbonyl (C=O) groups excluding carboxylic acids is 1. The topological polar surface area (TPSA) is 58.2 Å². The van der Waals surface area contributed by atoms with Crippen molar-refractivity contribution in [2.75, 3.05) is 19.3 Å². The third-order valence-electron chi connectivity index (χ3n) is 2.86. The number of hydrogen-bond donors (Lipinski definition) is 2. The van der Waals surface area contributed by atoms with Gasteiger partial charge in [0.25, 0.3) is 0 Å². The van der Waals surface area contributed by atoms with E-state index in [2.05, 4.69) is 10.0 Å². The molecule has 0 radical (unpaired) electrons. The van der Waals surface area contributed by atoms with Crippen LogP contribution in [0.4, 0.5) is 0 Å². The molecule has 2 N–H and O–H groups in total. The van der Waals surface area contributed by atoms with Gasteiger partial charge >= 0.3 is 0 Å². The van der Waals surface area contributed by atoms with Crippen molar-refractivity contribution in [3.63, 3.8) is 0 Å². The summed E-state index contributed by atoms with van der Waals surface area (Å²) in [5.41, 5.74) is 0. The van der Waals surface area contributed by atoms with Crippen LogP contribution in [0.25, 0.3) is 0 Å². The van der Waals surface area contributed by atoms with E-state index in [-0.39, 0.29) is 5.91 Å². The Balaban J connectivity index is 3.03. The first-order chi connectivity index (χ1) is 8.66. The van der Waals surface area contributed by atoms with E-state index in [9.17, 15) is 9.00 Å². The molecule has 108 valence electrons. The second-order valence-corrected chi connectivity index (χ2v) is 6.07. The van der Waals surface area contributed by atoms with Gasteiger partial charge in [-0.1, -0.05) is 38.5 Å². The lowest BCUT2D eigenvalue weighted by Gasteiger charge is -2.03. The summed E-state index contributed by atoms with van der Waals surface area (Å²) in [5.74, 6) is 0.835. The summed E-state index contributed by atoms with van der Waals surface area (Å²) in [6.07, 6.45) is 9.55. The van der Waals surface area contributed by atoms with E-state index in [4.69, 9.17) is 0 Å². The summed E-state index contributed by atoms with van der Waals surface area (Å²) in [5, 5.41) is 2.81. The van der Waals surface area contributed by atoms with Crippen molar-refractivity contribution in [3.05, 3.63) is 0 Å². The first-order valence-electron chi connectivity index (χ1n) is 6.97. The van der Waals surface area contributed by atoms with Crippen LogP contribution >= 0.6 is 0 Å². The Kier molecular flexibility index (Phi) is 12.7. The smallest absolute Gasteiger partial charge is 0.216 e. The van der Waals surface area contributed by atoms with Crippen molar-refractivity contribution < 1.29 is 9.00 Å². The first kappa shape index (κ1) is 17.6. The number of hydrogen-bond acceptors (Lipinski definition) is 2. The van der Waals surface area contributed by atoms with Crippen molar-refractivity contribution in [2.24, 2.45) is 0 Å². The van der Waals surface area contributed by atoms with Gasteiger partial charge in [-0.15, -0.1) is 0 Å². The average Bonchev–Trinajstić information content (AvgIpc) is 2.35. The fraction of sp³-hybridized carbons (Fsp3) is 0.923. The molecule has 0 saturated carbocycles. The van der Waals surface area contributed by atoms with E-state index in [1.54, 1.807) is 14.0 Å². The number of unbranched alkanes of at least 4 members (excludes halogenated alkanes) is 7. The maximum absolute atomic E-state index is 11.1. The Morgan fingerprint density at radius 3 is 1.94 bits per heavy atom. The van der Waals surface area contributed by atoms with Crippen LogP contribution in [0.5, 0.6) is 0 Å². The van der Waals surface area contributed by atoms with Gasteiger partial charge in [0.05, 0.1) is 11.0 Å². The molecule has 0 saturated heterocycles. The van der Waals surface area contributed by atoms with Gasteiger partial charge in [0.15, 0.2) is 0 Å². The van der Waals surface area contributed by atoms with Crippen molar-refractivity contribution in [1.82, 2.24) is 10.0 Å². The molecular weight excluding hydrogens is 248 g/mol. The highest BCUT2D eigenvalue weighted by molar-refractivity contribution is 7.82. The van der Waals surface area contributed by atoms with Gasteiger partial charge < -0.3 is 5.32 Å². The summed E-state index contributed by atoms with van der Waals surface area (Å²) in [4.78, 5) is 10.6. The summed E-state index contributed by atoms with van der Waals surface area (Å²) < 4.78 is 13.8. The molecule has 4 nitrogen and oxygen atoms in total. The molecule has 0 aromatic rings. The molecular formula is C13H28N2O2S. The molecule has 18 heavy (non-hydrogen) atoms. The molecule has 0 aliphatic carbocycles. The van der Waals surface area contributed by atoms with Gasteiger partial charge in [-0.3, -0.25) is 4.79 Å². The zero-order valence-electron chi connectivity index (χ0n) is 11.8.